The van der Waals surface area contributed by atoms with Crippen LogP contribution >= 0.6 is 0 Å². The first-order chi connectivity index (χ1) is 12.6. The Morgan fingerprint density at radius 1 is 1.11 bits per heavy atom. The number of benzene rings is 2. The molecule has 2 N–H and O–H groups in total. The predicted molar refractivity (Wildman–Crippen MR) is 88.4 cm³/mol. The van der Waals surface area contributed by atoms with Gasteiger partial charge in [0.05, 0.1) is 16.8 Å². The van der Waals surface area contributed by atoms with Crippen LogP contribution in [-0.2, 0) is 11.0 Å². The van der Waals surface area contributed by atoms with Crippen LogP contribution in [0.3, 0.4) is 0 Å². The van der Waals surface area contributed by atoms with E-state index in [9.17, 15) is 26.7 Å². The van der Waals surface area contributed by atoms with Gasteiger partial charge in [0.15, 0.2) is 17.7 Å². The van der Waals surface area contributed by atoms with Gasteiger partial charge in [-0.2, -0.15) is 13.2 Å². The smallest absolute Gasteiger partial charge is 0.416 e. The summed E-state index contributed by atoms with van der Waals surface area (Å²) in [6.45, 7) is 1.40. The van der Waals surface area contributed by atoms with E-state index in [1.54, 1.807) is 0 Å². The summed E-state index contributed by atoms with van der Waals surface area (Å²) in [5.74, 6) is -2.62. The normalized spacial score (nSPS) is 12.8. The topological polar surface area (TPSA) is 54.1 Å². The molecule has 1 amide bonds. The van der Waals surface area contributed by atoms with E-state index in [1.807, 2.05) is 0 Å². The van der Waals surface area contributed by atoms with Gasteiger partial charge in [-0.25, -0.2) is 8.78 Å². The number of carbonyl (C=O) groups excluding carboxylic acids is 1. The summed E-state index contributed by atoms with van der Waals surface area (Å²) < 4.78 is 69.6. The minimum Gasteiger partial charge on any atom is -0.481 e. The lowest BCUT2D eigenvalue weighted by atomic mass is 10.2. The summed E-state index contributed by atoms with van der Waals surface area (Å²) in [6, 6.07) is 5.81. The maximum Gasteiger partial charge on any atom is 0.416 e. The van der Waals surface area contributed by atoms with Crippen molar-refractivity contribution in [3.05, 3.63) is 59.8 Å². The molecular formula is C18H13F5N2O2. The Bertz CT molecular complexity index is 980. The van der Waals surface area contributed by atoms with Gasteiger partial charge in [0, 0.05) is 17.6 Å². The molecular weight excluding hydrogens is 371 g/mol. The highest BCUT2D eigenvalue weighted by molar-refractivity contribution is 6.03. The maximum atomic E-state index is 13.4. The zero-order valence-corrected chi connectivity index (χ0v) is 13.8. The number of fused-ring (bicyclic) bond motifs is 1. The summed E-state index contributed by atoms with van der Waals surface area (Å²) in [4.78, 5) is 14.9. The molecule has 0 aliphatic carbocycles. The molecule has 9 heteroatoms. The third kappa shape index (κ3) is 4.02. The van der Waals surface area contributed by atoms with E-state index >= 15 is 0 Å². The SMILES string of the molecule is CC(Oc1ccc(C(F)(F)F)cc1)C(=O)Nc1c[nH]c2cc(F)c(F)cc12. The van der Waals surface area contributed by atoms with E-state index in [-0.39, 0.29) is 16.8 Å². The first kappa shape index (κ1) is 18.7. The summed E-state index contributed by atoms with van der Waals surface area (Å²) in [5.41, 5.74) is -0.322. The third-order valence-corrected chi connectivity index (χ3v) is 3.84. The summed E-state index contributed by atoms with van der Waals surface area (Å²) in [6.07, 6.45) is -4.14. The van der Waals surface area contributed by atoms with E-state index in [0.717, 1.165) is 36.4 Å². The van der Waals surface area contributed by atoms with E-state index in [1.165, 1.54) is 13.1 Å². The van der Waals surface area contributed by atoms with Crippen molar-refractivity contribution in [3.8, 4) is 5.75 Å². The number of alkyl halides is 3. The van der Waals surface area contributed by atoms with Gasteiger partial charge in [-0.05, 0) is 37.3 Å². The molecule has 0 radical (unpaired) electrons. The van der Waals surface area contributed by atoms with Gasteiger partial charge in [-0.1, -0.05) is 0 Å². The van der Waals surface area contributed by atoms with Crippen LogP contribution in [0.25, 0.3) is 10.9 Å². The molecule has 27 heavy (non-hydrogen) atoms. The largest absolute Gasteiger partial charge is 0.481 e. The fraction of sp³-hybridized carbons (Fsp3) is 0.167. The number of carbonyl (C=O) groups is 1. The molecule has 1 unspecified atom stereocenters. The van der Waals surface area contributed by atoms with Crippen LogP contribution in [0.2, 0.25) is 0 Å². The molecule has 142 valence electrons. The number of aromatic nitrogens is 1. The summed E-state index contributed by atoms with van der Waals surface area (Å²) >= 11 is 0. The number of amides is 1. The zero-order chi connectivity index (χ0) is 19.8. The Morgan fingerprint density at radius 3 is 2.37 bits per heavy atom. The average molecular weight is 384 g/mol. The van der Waals surface area contributed by atoms with Gasteiger partial charge in [-0.15, -0.1) is 0 Å². The van der Waals surface area contributed by atoms with Gasteiger partial charge >= 0.3 is 6.18 Å². The van der Waals surface area contributed by atoms with E-state index < -0.39 is 35.4 Å². The van der Waals surface area contributed by atoms with Gasteiger partial charge < -0.3 is 15.0 Å². The Balaban J connectivity index is 1.70. The van der Waals surface area contributed by atoms with Crippen molar-refractivity contribution in [2.24, 2.45) is 0 Å². The highest BCUT2D eigenvalue weighted by atomic mass is 19.4. The number of rotatable bonds is 4. The average Bonchev–Trinajstić information content (AvgIpc) is 2.96. The zero-order valence-electron chi connectivity index (χ0n) is 13.8. The Hall–Kier alpha value is -3.10. The molecule has 3 aromatic rings. The molecule has 1 atom stereocenters. The number of nitrogens with one attached hydrogen (secondary N) is 2. The van der Waals surface area contributed by atoms with Crippen molar-refractivity contribution in [3.63, 3.8) is 0 Å². The maximum absolute atomic E-state index is 13.4. The first-order valence-electron chi connectivity index (χ1n) is 7.76. The molecule has 1 aromatic heterocycles. The lowest BCUT2D eigenvalue weighted by Gasteiger charge is -2.15. The molecule has 2 aromatic carbocycles. The molecule has 1 heterocycles. The summed E-state index contributed by atoms with van der Waals surface area (Å²) in [5, 5.41) is 2.77. The highest BCUT2D eigenvalue weighted by Crippen LogP contribution is 2.30. The predicted octanol–water partition coefficient (Wildman–Crippen LogP) is 4.87. The van der Waals surface area contributed by atoms with Gasteiger partial charge in [0.2, 0.25) is 0 Å². The van der Waals surface area contributed by atoms with Crippen molar-refractivity contribution in [1.82, 2.24) is 4.98 Å². The fourth-order valence-corrected chi connectivity index (χ4v) is 2.43. The molecule has 3 rings (SSSR count). The number of halogens is 5. The highest BCUT2D eigenvalue weighted by Gasteiger charge is 2.30. The van der Waals surface area contributed by atoms with Crippen molar-refractivity contribution in [2.75, 3.05) is 5.32 Å². The second-order valence-electron chi connectivity index (χ2n) is 5.79. The van der Waals surface area contributed by atoms with Gasteiger partial charge in [0.25, 0.3) is 5.91 Å². The molecule has 0 fully saturated rings. The van der Waals surface area contributed by atoms with Crippen LogP contribution in [0, 0.1) is 11.6 Å². The van der Waals surface area contributed by atoms with Crippen molar-refractivity contribution >= 4 is 22.5 Å². The van der Waals surface area contributed by atoms with Crippen LogP contribution in [0.15, 0.2) is 42.6 Å². The van der Waals surface area contributed by atoms with E-state index in [4.69, 9.17) is 4.74 Å². The van der Waals surface area contributed by atoms with E-state index in [2.05, 4.69) is 10.3 Å². The second kappa shape index (κ2) is 6.90. The molecule has 0 aliphatic heterocycles. The number of aromatic amines is 1. The van der Waals surface area contributed by atoms with Crippen molar-refractivity contribution < 1.29 is 31.5 Å². The molecule has 0 spiro atoms. The quantitative estimate of drug-likeness (QED) is 0.631. The second-order valence-corrected chi connectivity index (χ2v) is 5.79. The number of ether oxygens (including phenoxy) is 1. The lowest BCUT2D eigenvalue weighted by Crippen LogP contribution is -2.30. The van der Waals surface area contributed by atoms with Crippen LogP contribution in [0.1, 0.15) is 12.5 Å². The fourth-order valence-electron chi connectivity index (χ4n) is 2.43. The Kier molecular flexibility index (Phi) is 4.77. The number of hydrogen-bond donors (Lipinski definition) is 2. The number of hydrogen-bond acceptors (Lipinski definition) is 2. The monoisotopic (exact) mass is 384 g/mol. The van der Waals surface area contributed by atoms with Crippen molar-refractivity contribution in [1.29, 1.82) is 0 Å². The number of H-pyrrole nitrogens is 1. The van der Waals surface area contributed by atoms with Gasteiger partial charge in [0.1, 0.15) is 5.75 Å². The Labute approximate surface area is 149 Å². The molecule has 0 aliphatic rings. The first-order valence-corrected chi connectivity index (χ1v) is 7.76. The van der Waals surface area contributed by atoms with Crippen LogP contribution in [-0.4, -0.2) is 17.0 Å². The molecule has 0 saturated carbocycles. The standard InChI is InChI=1S/C18H13F5N2O2/c1-9(27-11-4-2-10(3-5-11)18(21,22)23)17(26)25-16-8-24-15-7-14(20)13(19)6-12(15)16/h2-9,24H,1H3,(H,25,26). The molecule has 4 nitrogen and oxygen atoms in total. The summed E-state index contributed by atoms with van der Waals surface area (Å²) in [7, 11) is 0. The van der Waals surface area contributed by atoms with Gasteiger partial charge in [-0.3, -0.25) is 4.79 Å². The van der Waals surface area contributed by atoms with E-state index in [0.29, 0.717) is 5.52 Å². The third-order valence-electron chi connectivity index (χ3n) is 3.84. The molecule has 0 bridgehead atoms. The Morgan fingerprint density at radius 2 is 1.74 bits per heavy atom. The van der Waals surface area contributed by atoms with Crippen LogP contribution in [0.5, 0.6) is 5.75 Å². The minimum absolute atomic E-state index is 0.0812. The van der Waals surface area contributed by atoms with Crippen LogP contribution in [0.4, 0.5) is 27.6 Å². The number of anilines is 1. The lowest BCUT2D eigenvalue weighted by molar-refractivity contribution is -0.137. The van der Waals surface area contributed by atoms with Crippen molar-refractivity contribution in [2.45, 2.75) is 19.2 Å². The van der Waals surface area contributed by atoms with Crippen LogP contribution < -0.4 is 10.1 Å². The minimum atomic E-state index is -4.47. The molecule has 0 saturated heterocycles.